The van der Waals surface area contributed by atoms with E-state index in [0.717, 1.165) is 22.5 Å². The first-order valence-corrected chi connectivity index (χ1v) is 8.59. The van der Waals surface area contributed by atoms with Gasteiger partial charge in [0, 0.05) is 11.6 Å². The fraction of sp³-hybridized carbons (Fsp3) is 0.0455. The molecule has 2 N–H and O–H groups in total. The van der Waals surface area contributed by atoms with Gasteiger partial charge in [0.25, 0.3) is 0 Å². The van der Waals surface area contributed by atoms with Gasteiger partial charge in [-0.15, -0.1) is 0 Å². The predicted octanol–water partition coefficient (Wildman–Crippen LogP) is 4.17. The van der Waals surface area contributed by atoms with Gasteiger partial charge in [-0.1, -0.05) is 60.7 Å². The lowest BCUT2D eigenvalue weighted by Gasteiger charge is -2.28. The van der Waals surface area contributed by atoms with Crippen LogP contribution in [-0.4, -0.2) is 17.9 Å². The fourth-order valence-electron chi connectivity index (χ4n) is 2.88. The van der Waals surface area contributed by atoms with E-state index in [1.165, 1.54) is 0 Å². The number of phenols is 1. The maximum absolute atomic E-state index is 10.4. The number of phenolic OH excluding ortho intramolecular Hbond substituents is 1. The summed E-state index contributed by atoms with van der Waals surface area (Å²) in [6, 6.07) is 25.1. The second-order valence-corrected chi connectivity index (χ2v) is 6.05. The zero-order chi connectivity index (χ0) is 18.6. The first kappa shape index (κ1) is 16.7. The van der Waals surface area contributed by atoms with Crippen LogP contribution in [0.3, 0.4) is 0 Å². The molecule has 0 amide bonds. The Labute approximate surface area is 157 Å². The summed E-state index contributed by atoms with van der Waals surface area (Å²) in [7, 11) is 1.56. The van der Waals surface area contributed by atoms with Crippen LogP contribution >= 0.6 is 0 Å². The van der Waals surface area contributed by atoms with Crippen molar-refractivity contribution < 1.29 is 9.84 Å². The third-order valence-electron chi connectivity index (χ3n) is 4.28. The van der Waals surface area contributed by atoms with Gasteiger partial charge in [-0.25, -0.2) is 0 Å². The average molecular weight is 357 g/mol. The van der Waals surface area contributed by atoms with Crippen LogP contribution in [-0.2, 0) is 0 Å². The number of rotatable bonds is 4. The van der Waals surface area contributed by atoms with E-state index in [1.807, 2.05) is 66.7 Å². The molecule has 1 aliphatic heterocycles. The topological polar surface area (TPSA) is 57.1 Å². The molecular formula is C22H19N3O2. The molecule has 0 fully saturated rings. The minimum Gasteiger partial charge on any atom is -0.505 e. The molecule has 0 radical (unpaired) electrons. The van der Waals surface area contributed by atoms with Crippen LogP contribution in [0.15, 0.2) is 90.0 Å². The number of methoxy groups -OCH3 is 1. The number of allylic oxidation sites excluding steroid dienone is 1. The minimum atomic E-state index is 0.0762. The highest BCUT2D eigenvalue weighted by Gasteiger charge is 2.19. The minimum absolute atomic E-state index is 0.0762. The Bertz CT molecular complexity index is 999. The maximum Gasteiger partial charge on any atom is 0.146 e. The molecule has 0 aliphatic carbocycles. The second kappa shape index (κ2) is 7.25. The van der Waals surface area contributed by atoms with Gasteiger partial charge in [-0.3, -0.25) is 5.43 Å². The van der Waals surface area contributed by atoms with Crippen molar-refractivity contribution in [3.63, 3.8) is 0 Å². The molecule has 0 unspecified atom stereocenters. The lowest BCUT2D eigenvalue weighted by atomic mass is 10.1. The highest BCUT2D eigenvalue weighted by atomic mass is 16.5. The number of benzene rings is 3. The standard InChI is InChI=1S/C22H19N3O2/c1-27-18-12-13-21(22(26)14-18)25-23-19(16-8-4-2-5-9-16)15-20(24-25)17-10-6-3-7-11-17/h2-15,23,26H,1H3. The van der Waals surface area contributed by atoms with Crippen LogP contribution in [0.2, 0.25) is 0 Å². The van der Waals surface area contributed by atoms with Crippen molar-refractivity contribution in [2.75, 3.05) is 12.2 Å². The van der Waals surface area contributed by atoms with Crippen molar-refractivity contribution in [1.29, 1.82) is 0 Å². The largest absolute Gasteiger partial charge is 0.505 e. The third-order valence-corrected chi connectivity index (χ3v) is 4.28. The van der Waals surface area contributed by atoms with E-state index in [-0.39, 0.29) is 5.75 Å². The molecule has 0 atom stereocenters. The second-order valence-electron chi connectivity index (χ2n) is 6.05. The molecular weight excluding hydrogens is 338 g/mol. The van der Waals surface area contributed by atoms with Crippen LogP contribution in [0.1, 0.15) is 11.1 Å². The summed E-state index contributed by atoms with van der Waals surface area (Å²) in [4.78, 5) is 0. The SMILES string of the molecule is COc1ccc(N2N=C(c3ccccc3)C=C(c3ccccc3)N2)c(O)c1. The van der Waals surface area contributed by atoms with Gasteiger partial charge < -0.3 is 9.84 Å². The van der Waals surface area contributed by atoms with Crippen LogP contribution in [0.25, 0.3) is 5.70 Å². The number of aromatic hydroxyl groups is 1. The number of nitrogens with zero attached hydrogens (tertiary/aromatic N) is 2. The van der Waals surface area contributed by atoms with Crippen LogP contribution in [0, 0.1) is 0 Å². The van der Waals surface area contributed by atoms with Gasteiger partial charge in [0.05, 0.1) is 18.5 Å². The van der Waals surface area contributed by atoms with Gasteiger partial charge in [0.15, 0.2) is 0 Å². The summed E-state index contributed by atoms with van der Waals surface area (Å²) in [5.74, 6) is 0.659. The molecule has 4 rings (SSSR count). The lowest BCUT2D eigenvalue weighted by Crippen LogP contribution is -2.36. The highest BCUT2D eigenvalue weighted by Crippen LogP contribution is 2.32. The summed E-state index contributed by atoms with van der Waals surface area (Å²) in [5, 5.41) is 16.7. The third kappa shape index (κ3) is 3.48. The van der Waals surface area contributed by atoms with Crippen molar-refractivity contribution in [3.05, 3.63) is 96.1 Å². The van der Waals surface area contributed by atoms with Crippen molar-refractivity contribution in [2.24, 2.45) is 5.10 Å². The number of anilines is 1. The normalized spacial score (nSPS) is 13.4. The van der Waals surface area contributed by atoms with E-state index < -0.39 is 0 Å². The molecule has 0 aromatic heterocycles. The van der Waals surface area contributed by atoms with E-state index in [2.05, 4.69) is 10.5 Å². The Morgan fingerprint density at radius 1 is 0.889 bits per heavy atom. The highest BCUT2D eigenvalue weighted by molar-refractivity contribution is 6.13. The Balaban J connectivity index is 1.79. The van der Waals surface area contributed by atoms with E-state index in [1.54, 1.807) is 30.4 Å². The summed E-state index contributed by atoms with van der Waals surface area (Å²) in [6.07, 6.45) is 2.00. The van der Waals surface area contributed by atoms with Gasteiger partial charge in [0.1, 0.15) is 17.2 Å². The van der Waals surface area contributed by atoms with Gasteiger partial charge in [-0.05, 0) is 23.8 Å². The first-order chi connectivity index (χ1) is 13.2. The fourth-order valence-corrected chi connectivity index (χ4v) is 2.88. The molecule has 5 nitrogen and oxygen atoms in total. The quantitative estimate of drug-likeness (QED) is 0.736. The molecule has 0 spiro atoms. The summed E-state index contributed by atoms with van der Waals surface area (Å²) >= 11 is 0. The molecule has 0 saturated carbocycles. The van der Waals surface area contributed by atoms with Crippen LogP contribution < -0.4 is 15.3 Å². The number of ether oxygens (including phenoxy) is 1. The summed E-state index contributed by atoms with van der Waals surface area (Å²) in [5.41, 5.74) is 7.50. The first-order valence-electron chi connectivity index (χ1n) is 8.59. The van der Waals surface area contributed by atoms with E-state index in [4.69, 9.17) is 4.74 Å². The molecule has 5 heteroatoms. The van der Waals surface area contributed by atoms with Gasteiger partial charge in [-0.2, -0.15) is 10.2 Å². The van der Waals surface area contributed by atoms with E-state index in [9.17, 15) is 5.11 Å². The van der Waals surface area contributed by atoms with Crippen LogP contribution in [0.5, 0.6) is 11.5 Å². The maximum atomic E-state index is 10.4. The lowest BCUT2D eigenvalue weighted by molar-refractivity contribution is 0.407. The molecule has 3 aromatic rings. The van der Waals surface area contributed by atoms with Gasteiger partial charge in [0.2, 0.25) is 0 Å². The zero-order valence-corrected chi connectivity index (χ0v) is 14.8. The summed E-state index contributed by atoms with van der Waals surface area (Å²) in [6.45, 7) is 0. The Morgan fingerprint density at radius 3 is 2.19 bits per heavy atom. The Kier molecular flexibility index (Phi) is 4.49. The predicted molar refractivity (Wildman–Crippen MR) is 108 cm³/mol. The van der Waals surface area contributed by atoms with E-state index in [0.29, 0.717) is 11.4 Å². The average Bonchev–Trinajstić information content (AvgIpc) is 2.74. The molecule has 1 heterocycles. The Morgan fingerprint density at radius 2 is 1.56 bits per heavy atom. The number of hydrazone groups is 1. The number of hydrogen-bond acceptors (Lipinski definition) is 5. The van der Waals surface area contributed by atoms with Crippen molar-refractivity contribution in [3.8, 4) is 11.5 Å². The number of nitrogens with one attached hydrogen (secondary N) is 1. The van der Waals surface area contributed by atoms with Gasteiger partial charge >= 0.3 is 0 Å². The monoisotopic (exact) mass is 357 g/mol. The van der Waals surface area contributed by atoms with Crippen molar-refractivity contribution in [1.82, 2.24) is 5.43 Å². The molecule has 134 valence electrons. The smallest absolute Gasteiger partial charge is 0.146 e. The molecule has 0 saturated heterocycles. The van der Waals surface area contributed by atoms with Crippen molar-refractivity contribution in [2.45, 2.75) is 0 Å². The molecule has 0 bridgehead atoms. The summed E-state index contributed by atoms with van der Waals surface area (Å²) < 4.78 is 5.17. The number of hydrazine groups is 1. The van der Waals surface area contributed by atoms with Crippen molar-refractivity contribution >= 4 is 17.1 Å². The Hall–Kier alpha value is -3.73. The molecule has 1 aliphatic rings. The molecule has 27 heavy (non-hydrogen) atoms. The van der Waals surface area contributed by atoms with Crippen LogP contribution in [0.4, 0.5) is 5.69 Å². The van der Waals surface area contributed by atoms with E-state index >= 15 is 0 Å². The zero-order valence-electron chi connectivity index (χ0n) is 14.8. The molecule has 3 aromatic carbocycles. The number of hydrogen-bond donors (Lipinski definition) is 2.